The molecular weight excluding hydrogens is 90.1 g/mol. The minimum absolute atomic E-state index is 0.359. The lowest BCUT2D eigenvalue weighted by molar-refractivity contribution is -0.108. The van der Waals surface area contributed by atoms with Crippen LogP contribution in [0.4, 0.5) is 0 Å². The third-order valence-corrected chi connectivity index (χ3v) is 0.901. The number of nitrogens with two attached hydrogens (primary N) is 1. The predicted octanol–water partition coefficient (Wildman–Crippen LogP) is 0.170. The van der Waals surface area contributed by atoms with Crippen LogP contribution in [0.3, 0.4) is 0 Å². The van der Waals surface area contributed by atoms with Crippen molar-refractivity contribution in [3.05, 3.63) is 0 Å². The molecule has 0 aliphatic rings. The molecular formula is C5H11NO. The first-order valence-electron chi connectivity index (χ1n) is 2.45. The summed E-state index contributed by atoms with van der Waals surface area (Å²) in [5, 5.41) is 0. The molecule has 0 spiro atoms. The van der Waals surface area contributed by atoms with Crippen LogP contribution in [0.25, 0.3) is 0 Å². The number of rotatable bonds is 3. The molecule has 0 rings (SSSR count). The van der Waals surface area contributed by atoms with Gasteiger partial charge in [-0.05, 0) is 12.5 Å². The number of hydrogen-bond acceptors (Lipinski definition) is 2. The standard InChI is InChI=1S/C5H11NO/c1-5(4-6)2-3-7/h3,5H,2,4,6H2,1H3/t5-/m0/s1. The van der Waals surface area contributed by atoms with Crippen molar-refractivity contribution in [2.45, 2.75) is 13.3 Å². The summed E-state index contributed by atoms with van der Waals surface area (Å²) in [5.41, 5.74) is 5.20. The summed E-state index contributed by atoms with van der Waals surface area (Å²) in [4.78, 5) is 9.72. The highest BCUT2D eigenvalue weighted by Gasteiger charge is 1.93. The SMILES string of the molecule is C[C@H](CN)CC=O. The molecule has 0 aliphatic carbocycles. The second-order valence-electron chi connectivity index (χ2n) is 1.74. The van der Waals surface area contributed by atoms with E-state index < -0.39 is 0 Å². The van der Waals surface area contributed by atoms with Gasteiger partial charge in [0.2, 0.25) is 0 Å². The molecule has 1 atom stereocenters. The zero-order valence-electron chi connectivity index (χ0n) is 4.55. The number of hydrogen-bond donors (Lipinski definition) is 1. The number of aldehydes is 1. The summed E-state index contributed by atoms with van der Waals surface area (Å²) in [6.07, 6.45) is 1.49. The molecule has 0 saturated carbocycles. The third-order valence-electron chi connectivity index (χ3n) is 0.901. The molecule has 2 N–H and O–H groups in total. The van der Waals surface area contributed by atoms with Gasteiger partial charge >= 0.3 is 0 Å². The van der Waals surface area contributed by atoms with E-state index in [1.807, 2.05) is 6.92 Å². The number of carbonyl (C=O) groups excluding carboxylic acids is 1. The van der Waals surface area contributed by atoms with E-state index in [9.17, 15) is 4.79 Å². The molecule has 0 heterocycles. The molecule has 0 fully saturated rings. The van der Waals surface area contributed by atoms with Gasteiger partial charge in [0.1, 0.15) is 6.29 Å². The Kier molecular flexibility index (Phi) is 3.61. The Bertz CT molecular complexity index is 54.0. The Balaban J connectivity index is 2.98. The molecule has 2 heteroatoms. The van der Waals surface area contributed by atoms with E-state index >= 15 is 0 Å². The quantitative estimate of drug-likeness (QED) is 0.515. The van der Waals surface area contributed by atoms with Crippen molar-refractivity contribution in [1.29, 1.82) is 0 Å². The molecule has 7 heavy (non-hydrogen) atoms. The Morgan fingerprint density at radius 2 is 2.43 bits per heavy atom. The monoisotopic (exact) mass is 101 g/mol. The maximum atomic E-state index is 9.72. The zero-order valence-corrected chi connectivity index (χ0v) is 4.55. The van der Waals surface area contributed by atoms with Crippen LogP contribution in [0.1, 0.15) is 13.3 Å². The Hall–Kier alpha value is -0.370. The van der Waals surface area contributed by atoms with E-state index in [1.165, 1.54) is 0 Å². The Morgan fingerprint density at radius 3 is 2.57 bits per heavy atom. The van der Waals surface area contributed by atoms with Gasteiger partial charge in [0.25, 0.3) is 0 Å². The first-order chi connectivity index (χ1) is 3.31. The molecule has 0 aromatic heterocycles. The Morgan fingerprint density at radius 1 is 1.86 bits per heavy atom. The van der Waals surface area contributed by atoms with Gasteiger partial charge in [-0.3, -0.25) is 0 Å². The third kappa shape index (κ3) is 3.46. The van der Waals surface area contributed by atoms with Gasteiger partial charge in [-0.2, -0.15) is 0 Å². The maximum absolute atomic E-state index is 9.72. The fourth-order valence-corrected chi connectivity index (χ4v) is 0.260. The van der Waals surface area contributed by atoms with Gasteiger partial charge in [-0.1, -0.05) is 6.92 Å². The molecule has 0 radical (unpaired) electrons. The topological polar surface area (TPSA) is 43.1 Å². The molecule has 0 amide bonds. The Labute approximate surface area is 43.7 Å². The van der Waals surface area contributed by atoms with E-state index in [1.54, 1.807) is 0 Å². The first-order valence-corrected chi connectivity index (χ1v) is 2.45. The van der Waals surface area contributed by atoms with Crippen LogP contribution >= 0.6 is 0 Å². The van der Waals surface area contributed by atoms with Crippen LogP contribution < -0.4 is 5.73 Å². The van der Waals surface area contributed by atoms with Crippen molar-refractivity contribution in [2.24, 2.45) is 11.7 Å². The summed E-state index contributed by atoms with van der Waals surface area (Å²) in [6, 6.07) is 0. The predicted molar refractivity (Wildman–Crippen MR) is 28.9 cm³/mol. The van der Waals surface area contributed by atoms with E-state index in [0.29, 0.717) is 18.9 Å². The molecule has 0 bridgehead atoms. The van der Waals surface area contributed by atoms with Gasteiger partial charge in [0.15, 0.2) is 0 Å². The van der Waals surface area contributed by atoms with Crippen LogP contribution in [0.15, 0.2) is 0 Å². The van der Waals surface area contributed by atoms with E-state index in [2.05, 4.69) is 0 Å². The van der Waals surface area contributed by atoms with Crippen molar-refractivity contribution >= 4 is 6.29 Å². The van der Waals surface area contributed by atoms with Crippen molar-refractivity contribution in [2.75, 3.05) is 6.54 Å². The van der Waals surface area contributed by atoms with Crippen molar-refractivity contribution in [3.63, 3.8) is 0 Å². The minimum atomic E-state index is 0.359. The minimum Gasteiger partial charge on any atom is -0.330 e. The number of carbonyl (C=O) groups is 1. The second-order valence-corrected chi connectivity index (χ2v) is 1.74. The highest BCUT2D eigenvalue weighted by molar-refractivity contribution is 5.49. The largest absolute Gasteiger partial charge is 0.330 e. The fraction of sp³-hybridized carbons (Fsp3) is 0.800. The molecule has 0 aromatic carbocycles. The van der Waals surface area contributed by atoms with Crippen LogP contribution in [-0.2, 0) is 4.79 Å². The van der Waals surface area contributed by atoms with Crippen molar-refractivity contribution < 1.29 is 4.79 Å². The summed E-state index contributed by atoms with van der Waals surface area (Å²) >= 11 is 0. The summed E-state index contributed by atoms with van der Waals surface area (Å²) in [6.45, 7) is 2.56. The lowest BCUT2D eigenvalue weighted by atomic mass is 10.1. The van der Waals surface area contributed by atoms with E-state index in [-0.39, 0.29) is 0 Å². The highest BCUT2D eigenvalue weighted by Crippen LogP contribution is 1.92. The second kappa shape index (κ2) is 3.81. The van der Waals surface area contributed by atoms with E-state index in [0.717, 1.165) is 6.29 Å². The molecule has 0 aromatic rings. The van der Waals surface area contributed by atoms with Crippen LogP contribution in [-0.4, -0.2) is 12.8 Å². The van der Waals surface area contributed by atoms with Gasteiger partial charge in [-0.25, -0.2) is 0 Å². The zero-order chi connectivity index (χ0) is 5.70. The van der Waals surface area contributed by atoms with E-state index in [4.69, 9.17) is 5.73 Å². The fourth-order valence-electron chi connectivity index (χ4n) is 0.260. The molecule has 0 unspecified atom stereocenters. The summed E-state index contributed by atoms with van der Waals surface area (Å²) in [7, 11) is 0. The van der Waals surface area contributed by atoms with Crippen molar-refractivity contribution in [3.8, 4) is 0 Å². The molecule has 0 aliphatic heterocycles. The summed E-state index contributed by atoms with van der Waals surface area (Å²) in [5.74, 6) is 0.359. The lowest BCUT2D eigenvalue weighted by Crippen LogP contribution is -2.10. The molecule has 2 nitrogen and oxygen atoms in total. The average Bonchev–Trinajstić information content (AvgIpc) is 1.68. The van der Waals surface area contributed by atoms with Crippen LogP contribution in [0.5, 0.6) is 0 Å². The van der Waals surface area contributed by atoms with Gasteiger partial charge in [0, 0.05) is 6.42 Å². The molecule has 42 valence electrons. The smallest absolute Gasteiger partial charge is 0.120 e. The van der Waals surface area contributed by atoms with Gasteiger partial charge in [-0.15, -0.1) is 0 Å². The normalized spacial score (nSPS) is 13.4. The first kappa shape index (κ1) is 6.63. The van der Waals surface area contributed by atoms with Crippen LogP contribution in [0.2, 0.25) is 0 Å². The summed E-state index contributed by atoms with van der Waals surface area (Å²) < 4.78 is 0. The van der Waals surface area contributed by atoms with Gasteiger partial charge in [0.05, 0.1) is 0 Å². The van der Waals surface area contributed by atoms with Gasteiger partial charge < -0.3 is 10.5 Å². The van der Waals surface area contributed by atoms with Crippen LogP contribution in [0, 0.1) is 5.92 Å². The maximum Gasteiger partial charge on any atom is 0.120 e. The van der Waals surface area contributed by atoms with Crippen molar-refractivity contribution in [1.82, 2.24) is 0 Å². The average molecular weight is 101 g/mol. The lowest BCUT2D eigenvalue weighted by Gasteiger charge is -1.98. The highest BCUT2D eigenvalue weighted by atomic mass is 16.1. The molecule has 0 saturated heterocycles.